The van der Waals surface area contributed by atoms with Gasteiger partial charge < -0.3 is 0 Å². The van der Waals surface area contributed by atoms with Crippen LogP contribution in [0, 0.1) is 0 Å². The van der Waals surface area contributed by atoms with E-state index in [0.717, 1.165) is 0 Å². The Hall–Kier alpha value is -0.0431. The molecule has 11 heavy (non-hydrogen) atoms. The molecule has 0 saturated heterocycles. The second-order valence-corrected chi connectivity index (χ2v) is 8.26. The zero-order chi connectivity index (χ0) is 8.74. The highest BCUT2D eigenvalue weighted by Gasteiger charge is 2.24. The van der Waals surface area contributed by atoms with Crippen molar-refractivity contribution in [1.29, 1.82) is 0 Å². The van der Waals surface area contributed by atoms with Gasteiger partial charge in [0, 0.05) is 0 Å². The third kappa shape index (κ3) is 3.24. The number of rotatable bonds is 6. The topological polar surface area (TPSA) is 0 Å². The van der Waals surface area contributed by atoms with Crippen molar-refractivity contribution in [3.8, 4) is 0 Å². The maximum Gasteiger partial charge on any atom is 0.0767 e. The molecule has 0 saturated carbocycles. The molecule has 0 aromatic heterocycles. The minimum atomic E-state index is -0.980. The highest BCUT2D eigenvalue weighted by molar-refractivity contribution is 6.84. The normalized spacial score (nSPS) is 11.5. The van der Waals surface area contributed by atoms with Crippen molar-refractivity contribution in [2.45, 2.75) is 51.7 Å². The largest absolute Gasteiger partial charge is 0.107 e. The second kappa shape index (κ2) is 5.59. The molecule has 0 N–H and O–H groups in total. The van der Waals surface area contributed by atoms with Crippen LogP contribution in [-0.4, -0.2) is 8.07 Å². The van der Waals surface area contributed by atoms with Gasteiger partial charge in [0.25, 0.3) is 0 Å². The predicted molar refractivity (Wildman–Crippen MR) is 56.6 cm³/mol. The fourth-order valence-electron chi connectivity index (χ4n) is 1.82. The fraction of sp³-hybridized carbons (Fsp3) is 0.800. The molecule has 0 radical (unpaired) electrons. The highest BCUT2D eigenvalue weighted by Crippen LogP contribution is 2.24. The lowest BCUT2D eigenvalue weighted by Gasteiger charge is -2.25. The fourth-order valence-corrected chi connectivity index (χ4v) is 5.47. The van der Waals surface area contributed by atoms with Crippen LogP contribution in [0.4, 0.5) is 0 Å². The molecule has 0 aliphatic carbocycles. The molecule has 0 spiro atoms. The molecule has 66 valence electrons. The minimum Gasteiger partial charge on any atom is -0.107 e. The molecular weight excluding hydrogens is 148 g/mol. The Labute approximate surface area is 72.7 Å². The summed E-state index contributed by atoms with van der Waals surface area (Å²) in [6, 6.07) is 4.28. The molecule has 0 aliphatic heterocycles. The van der Waals surface area contributed by atoms with E-state index in [4.69, 9.17) is 0 Å². The van der Waals surface area contributed by atoms with Gasteiger partial charge in [0.1, 0.15) is 0 Å². The van der Waals surface area contributed by atoms with Crippen molar-refractivity contribution in [1.82, 2.24) is 0 Å². The molecule has 0 aromatic rings. The predicted octanol–water partition coefficient (Wildman–Crippen LogP) is 4.00. The Morgan fingerprint density at radius 2 is 1.55 bits per heavy atom. The average Bonchev–Trinajstić information content (AvgIpc) is 2.04. The van der Waals surface area contributed by atoms with Crippen molar-refractivity contribution >= 4 is 8.07 Å². The van der Waals surface area contributed by atoms with E-state index in [-0.39, 0.29) is 0 Å². The molecule has 0 nitrogen and oxygen atoms in total. The zero-order valence-corrected chi connectivity index (χ0v) is 9.32. The van der Waals surface area contributed by atoms with Crippen LogP contribution >= 0.6 is 0 Å². The first kappa shape index (κ1) is 11.0. The summed E-state index contributed by atoms with van der Waals surface area (Å²) in [6.45, 7) is 10.9. The average molecular weight is 170 g/mol. The van der Waals surface area contributed by atoms with Gasteiger partial charge in [-0.1, -0.05) is 51.7 Å². The van der Waals surface area contributed by atoms with Crippen LogP contribution in [0.5, 0.6) is 0 Å². The molecule has 0 unspecified atom stereocenters. The molecule has 0 bridgehead atoms. The Morgan fingerprint density at radius 3 is 1.73 bits per heavy atom. The molecule has 0 amide bonds. The number of hydrogen-bond donors (Lipinski definition) is 0. The SMILES string of the molecule is C=C[Si](CC)(CCC)CCC. The van der Waals surface area contributed by atoms with Crippen LogP contribution in [-0.2, 0) is 0 Å². The van der Waals surface area contributed by atoms with Gasteiger partial charge in [-0.15, -0.1) is 12.3 Å². The van der Waals surface area contributed by atoms with E-state index in [1.807, 2.05) is 0 Å². The van der Waals surface area contributed by atoms with Gasteiger partial charge in [0.15, 0.2) is 0 Å². The van der Waals surface area contributed by atoms with Crippen LogP contribution < -0.4 is 0 Å². The molecular formula is C10H22Si. The summed E-state index contributed by atoms with van der Waals surface area (Å²) in [5, 5.41) is 0. The number of hydrogen-bond acceptors (Lipinski definition) is 0. The maximum absolute atomic E-state index is 4.00. The maximum atomic E-state index is 4.00. The van der Waals surface area contributed by atoms with Crippen molar-refractivity contribution in [3.05, 3.63) is 12.3 Å². The van der Waals surface area contributed by atoms with E-state index < -0.39 is 8.07 Å². The lowest BCUT2D eigenvalue weighted by molar-refractivity contribution is 0.972. The van der Waals surface area contributed by atoms with E-state index in [1.54, 1.807) is 0 Å². The van der Waals surface area contributed by atoms with E-state index in [9.17, 15) is 0 Å². The highest BCUT2D eigenvalue weighted by atomic mass is 28.3. The van der Waals surface area contributed by atoms with Crippen LogP contribution in [0.1, 0.15) is 33.6 Å². The molecule has 0 heterocycles. The quantitative estimate of drug-likeness (QED) is 0.529. The molecule has 0 atom stereocenters. The molecule has 0 rings (SSSR count). The van der Waals surface area contributed by atoms with Crippen LogP contribution in [0.2, 0.25) is 18.1 Å². The van der Waals surface area contributed by atoms with Crippen molar-refractivity contribution in [2.75, 3.05) is 0 Å². The Morgan fingerprint density at radius 1 is 1.09 bits per heavy atom. The van der Waals surface area contributed by atoms with Crippen LogP contribution in [0.25, 0.3) is 0 Å². The Kier molecular flexibility index (Phi) is 5.57. The van der Waals surface area contributed by atoms with Crippen LogP contribution in [0.15, 0.2) is 12.3 Å². The summed E-state index contributed by atoms with van der Waals surface area (Å²) >= 11 is 0. The summed E-state index contributed by atoms with van der Waals surface area (Å²) in [5.74, 6) is 0. The van der Waals surface area contributed by atoms with Gasteiger partial charge in [-0.05, 0) is 0 Å². The lowest BCUT2D eigenvalue weighted by Crippen LogP contribution is -2.29. The van der Waals surface area contributed by atoms with Gasteiger partial charge in [0.05, 0.1) is 8.07 Å². The summed E-state index contributed by atoms with van der Waals surface area (Å²) in [6.07, 6.45) is 2.68. The first-order valence-corrected chi connectivity index (χ1v) is 7.58. The molecule has 0 aromatic carbocycles. The minimum absolute atomic E-state index is 0.980. The van der Waals surface area contributed by atoms with Gasteiger partial charge in [-0.3, -0.25) is 0 Å². The van der Waals surface area contributed by atoms with Gasteiger partial charge in [-0.2, -0.15) is 0 Å². The summed E-state index contributed by atoms with van der Waals surface area (Å²) in [7, 11) is -0.980. The molecule has 1 heteroatoms. The standard InChI is InChI=1S/C10H22Si/c1-5-9-11(7-3,8-4)10-6-2/h7H,3,5-6,8-10H2,1-2,4H3. The smallest absolute Gasteiger partial charge is 0.0767 e. The van der Waals surface area contributed by atoms with E-state index in [1.165, 1.54) is 31.0 Å². The lowest BCUT2D eigenvalue weighted by atomic mass is 10.6. The third-order valence-corrected chi connectivity index (χ3v) is 7.90. The molecule has 0 fully saturated rings. The monoisotopic (exact) mass is 170 g/mol. The first-order chi connectivity index (χ1) is 5.24. The Balaban J connectivity index is 4.07. The third-order valence-electron chi connectivity index (χ3n) is 2.63. The van der Waals surface area contributed by atoms with Crippen molar-refractivity contribution in [2.24, 2.45) is 0 Å². The second-order valence-electron chi connectivity index (χ2n) is 3.42. The van der Waals surface area contributed by atoms with Crippen LogP contribution in [0.3, 0.4) is 0 Å². The van der Waals surface area contributed by atoms with Gasteiger partial charge >= 0.3 is 0 Å². The van der Waals surface area contributed by atoms with Crippen molar-refractivity contribution in [3.63, 3.8) is 0 Å². The zero-order valence-electron chi connectivity index (χ0n) is 8.32. The summed E-state index contributed by atoms with van der Waals surface area (Å²) < 4.78 is 0. The van der Waals surface area contributed by atoms with E-state index in [2.05, 4.69) is 33.0 Å². The summed E-state index contributed by atoms with van der Waals surface area (Å²) in [5.41, 5.74) is 2.31. The summed E-state index contributed by atoms with van der Waals surface area (Å²) in [4.78, 5) is 0. The Bertz CT molecular complexity index is 101. The first-order valence-electron chi connectivity index (χ1n) is 4.88. The van der Waals surface area contributed by atoms with Gasteiger partial charge in [0.2, 0.25) is 0 Å². The van der Waals surface area contributed by atoms with E-state index >= 15 is 0 Å². The van der Waals surface area contributed by atoms with Gasteiger partial charge in [-0.25, -0.2) is 0 Å². The van der Waals surface area contributed by atoms with E-state index in [0.29, 0.717) is 0 Å². The van der Waals surface area contributed by atoms with Crippen molar-refractivity contribution < 1.29 is 0 Å². The molecule has 0 aliphatic rings.